The van der Waals surface area contributed by atoms with E-state index in [0.717, 1.165) is 35.4 Å². The van der Waals surface area contributed by atoms with Crippen LogP contribution in [0.3, 0.4) is 0 Å². The van der Waals surface area contributed by atoms with Crippen LogP contribution in [0.2, 0.25) is 0 Å². The number of hydrogen-bond acceptors (Lipinski definition) is 3. The zero-order valence-corrected chi connectivity index (χ0v) is 15.1. The smallest absolute Gasteiger partial charge is 0.268 e. The van der Waals surface area contributed by atoms with E-state index in [9.17, 15) is 4.79 Å². The van der Waals surface area contributed by atoms with Gasteiger partial charge in [0.1, 0.15) is 5.69 Å². The molecule has 0 unspecified atom stereocenters. The van der Waals surface area contributed by atoms with Crippen molar-refractivity contribution in [3.8, 4) is 0 Å². The van der Waals surface area contributed by atoms with Crippen LogP contribution in [-0.2, 0) is 11.3 Å². The van der Waals surface area contributed by atoms with Gasteiger partial charge in [0.05, 0.1) is 16.3 Å². The molecule has 1 aliphatic heterocycles. The number of hydrogen-bond donors (Lipinski definition) is 1. The SMILES string of the molecule is Cc1ccccc1Cn1c(C(=O)NC[C@H]2CCCO2)cc2sccc21. The van der Waals surface area contributed by atoms with Crippen LogP contribution < -0.4 is 5.32 Å². The van der Waals surface area contributed by atoms with Crippen molar-refractivity contribution in [1.29, 1.82) is 0 Å². The molecule has 1 aliphatic rings. The summed E-state index contributed by atoms with van der Waals surface area (Å²) < 4.78 is 8.88. The Hall–Kier alpha value is -2.11. The van der Waals surface area contributed by atoms with Crippen molar-refractivity contribution in [3.63, 3.8) is 0 Å². The first-order valence-corrected chi connectivity index (χ1v) is 9.61. The lowest BCUT2D eigenvalue weighted by Gasteiger charge is -2.14. The third-order valence-electron chi connectivity index (χ3n) is 4.86. The van der Waals surface area contributed by atoms with E-state index >= 15 is 0 Å². The van der Waals surface area contributed by atoms with E-state index in [1.165, 1.54) is 11.1 Å². The molecule has 25 heavy (non-hydrogen) atoms. The molecule has 1 fully saturated rings. The lowest BCUT2D eigenvalue weighted by molar-refractivity contribution is 0.0851. The largest absolute Gasteiger partial charge is 0.376 e. The van der Waals surface area contributed by atoms with Gasteiger partial charge < -0.3 is 14.6 Å². The maximum absolute atomic E-state index is 12.8. The molecule has 4 rings (SSSR count). The third kappa shape index (κ3) is 3.34. The number of aromatic nitrogens is 1. The van der Waals surface area contributed by atoms with Crippen LogP contribution in [0.5, 0.6) is 0 Å². The number of fused-ring (bicyclic) bond motifs is 1. The van der Waals surface area contributed by atoms with Gasteiger partial charge in [0.2, 0.25) is 0 Å². The number of carbonyl (C=O) groups excluding carboxylic acids is 1. The highest BCUT2D eigenvalue weighted by atomic mass is 32.1. The number of amides is 1. The van der Waals surface area contributed by atoms with E-state index in [1.54, 1.807) is 11.3 Å². The van der Waals surface area contributed by atoms with Gasteiger partial charge in [-0.15, -0.1) is 11.3 Å². The van der Waals surface area contributed by atoms with Gasteiger partial charge in [-0.2, -0.15) is 0 Å². The average molecular weight is 354 g/mol. The zero-order chi connectivity index (χ0) is 17.2. The molecule has 2 aromatic heterocycles. The molecular weight excluding hydrogens is 332 g/mol. The summed E-state index contributed by atoms with van der Waals surface area (Å²) in [4.78, 5) is 12.8. The number of rotatable bonds is 5. The molecule has 1 aromatic carbocycles. The molecule has 1 atom stereocenters. The predicted molar refractivity (Wildman–Crippen MR) is 101 cm³/mol. The first-order valence-electron chi connectivity index (χ1n) is 8.73. The van der Waals surface area contributed by atoms with Gasteiger partial charge in [0.15, 0.2) is 0 Å². The van der Waals surface area contributed by atoms with Gasteiger partial charge in [-0.3, -0.25) is 4.79 Å². The quantitative estimate of drug-likeness (QED) is 0.753. The van der Waals surface area contributed by atoms with Crippen LogP contribution in [0.25, 0.3) is 10.2 Å². The Bertz CT molecular complexity index is 890. The number of nitrogens with one attached hydrogen (secondary N) is 1. The monoisotopic (exact) mass is 354 g/mol. The van der Waals surface area contributed by atoms with Crippen molar-refractivity contribution >= 4 is 27.5 Å². The summed E-state index contributed by atoms with van der Waals surface area (Å²) in [5.41, 5.74) is 4.32. The molecule has 0 saturated carbocycles. The standard InChI is InChI=1S/C20H22N2O2S/c1-14-5-2-3-6-15(14)13-22-17-8-10-25-19(17)11-18(22)20(23)21-12-16-7-4-9-24-16/h2-3,5-6,8,10-11,16H,4,7,9,12-13H2,1H3,(H,21,23)/t16-/m1/s1. The van der Waals surface area contributed by atoms with Crippen molar-refractivity contribution in [1.82, 2.24) is 9.88 Å². The Kier molecular flexibility index (Phi) is 4.59. The number of thiophene rings is 1. The minimum Gasteiger partial charge on any atom is -0.376 e. The molecule has 1 amide bonds. The van der Waals surface area contributed by atoms with Gasteiger partial charge in [-0.25, -0.2) is 0 Å². The van der Waals surface area contributed by atoms with Crippen molar-refractivity contribution < 1.29 is 9.53 Å². The van der Waals surface area contributed by atoms with Crippen LogP contribution in [0.4, 0.5) is 0 Å². The Labute approximate surface area is 151 Å². The second kappa shape index (κ2) is 7.02. The second-order valence-corrected chi connectivity index (χ2v) is 7.51. The Morgan fingerprint density at radius 2 is 2.24 bits per heavy atom. The molecule has 5 heteroatoms. The number of benzene rings is 1. The zero-order valence-electron chi connectivity index (χ0n) is 14.3. The highest BCUT2D eigenvalue weighted by molar-refractivity contribution is 7.17. The molecule has 0 radical (unpaired) electrons. The summed E-state index contributed by atoms with van der Waals surface area (Å²) in [6.07, 6.45) is 2.27. The van der Waals surface area contributed by atoms with E-state index in [0.29, 0.717) is 13.1 Å². The summed E-state index contributed by atoms with van der Waals surface area (Å²) >= 11 is 1.67. The summed E-state index contributed by atoms with van der Waals surface area (Å²) in [5.74, 6) is -0.0208. The fraction of sp³-hybridized carbons (Fsp3) is 0.350. The van der Waals surface area contributed by atoms with E-state index < -0.39 is 0 Å². The molecule has 0 spiro atoms. The first-order chi connectivity index (χ1) is 12.2. The van der Waals surface area contributed by atoms with Crippen LogP contribution in [0.1, 0.15) is 34.5 Å². The minimum absolute atomic E-state index is 0.0208. The first kappa shape index (κ1) is 16.4. The van der Waals surface area contributed by atoms with Crippen molar-refractivity contribution in [2.75, 3.05) is 13.2 Å². The highest BCUT2D eigenvalue weighted by Crippen LogP contribution is 2.27. The van der Waals surface area contributed by atoms with Crippen molar-refractivity contribution in [3.05, 3.63) is 58.6 Å². The number of nitrogens with zero attached hydrogens (tertiary/aromatic N) is 1. The van der Waals surface area contributed by atoms with Gasteiger partial charge >= 0.3 is 0 Å². The molecule has 0 bridgehead atoms. The number of ether oxygens (including phenoxy) is 1. The molecule has 3 heterocycles. The van der Waals surface area contributed by atoms with E-state index in [1.807, 2.05) is 18.2 Å². The van der Waals surface area contributed by atoms with E-state index in [2.05, 4.69) is 40.4 Å². The highest BCUT2D eigenvalue weighted by Gasteiger charge is 2.20. The maximum atomic E-state index is 12.8. The fourth-order valence-corrected chi connectivity index (χ4v) is 4.22. The minimum atomic E-state index is -0.0208. The molecule has 130 valence electrons. The fourth-order valence-electron chi connectivity index (χ4n) is 3.40. The summed E-state index contributed by atoms with van der Waals surface area (Å²) in [6.45, 7) is 4.21. The summed E-state index contributed by atoms with van der Waals surface area (Å²) in [7, 11) is 0. The van der Waals surface area contributed by atoms with Crippen molar-refractivity contribution in [2.45, 2.75) is 32.4 Å². The Balaban J connectivity index is 1.60. The molecule has 0 aliphatic carbocycles. The summed E-state index contributed by atoms with van der Waals surface area (Å²) in [6, 6.07) is 12.4. The number of carbonyl (C=O) groups is 1. The topological polar surface area (TPSA) is 43.3 Å². The van der Waals surface area contributed by atoms with Crippen LogP contribution in [0, 0.1) is 6.92 Å². The van der Waals surface area contributed by atoms with Gasteiger partial charge in [-0.05, 0) is 48.4 Å². The normalized spacial score (nSPS) is 17.2. The van der Waals surface area contributed by atoms with Gasteiger partial charge in [0.25, 0.3) is 5.91 Å². The lowest BCUT2D eigenvalue weighted by Crippen LogP contribution is -2.33. The molecule has 3 aromatic rings. The molecule has 1 saturated heterocycles. The molecular formula is C20H22N2O2S. The van der Waals surface area contributed by atoms with E-state index in [-0.39, 0.29) is 12.0 Å². The van der Waals surface area contributed by atoms with Crippen LogP contribution in [0.15, 0.2) is 41.8 Å². The van der Waals surface area contributed by atoms with Gasteiger partial charge in [-0.1, -0.05) is 24.3 Å². The second-order valence-electron chi connectivity index (χ2n) is 6.56. The van der Waals surface area contributed by atoms with Crippen LogP contribution >= 0.6 is 11.3 Å². The Morgan fingerprint density at radius 3 is 3.04 bits per heavy atom. The third-order valence-corrected chi connectivity index (χ3v) is 5.71. The predicted octanol–water partition coefficient (Wildman–Crippen LogP) is 3.97. The van der Waals surface area contributed by atoms with E-state index in [4.69, 9.17) is 4.74 Å². The lowest BCUT2D eigenvalue weighted by atomic mass is 10.1. The summed E-state index contributed by atoms with van der Waals surface area (Å²) in [5, 5.41) is 5.13. The maximum Gasteiger partial charge on any atom is 0.268 e. The molecule has 1 N–H and O–H groups in total. The Morgan fingerprint density at radius 1 is 1.36 bits per heavy atom. The van der Waals surface area contributed by atoms with Crippen LogP contribution in [-0.4, -0.2) is 29.7 Å². The average Bonchev–Trinajstić information content (AvgIpc) is 3.33. The van der Waals surface area contributed by atoms with Gasteiger partial charge in [0, 0.05) is 19.7 Å². The van der Waals surface area contributed by atoms with Crippen molar-refractivity contribution in [2.24, 2.45) is 0 Å². The number of aryl methyl sites for hydroxylation is 1. The molecule has 4 nitrogen and oxygen atoms in total.